The Morgan fingerprint density at radius 1 is 1.60 bits per heavy atom. The summed E-state index contributed by atoms with van der Waals surface area (Å²) in [7, 11) is 0. The number of pyridine rings is 1. The molecule has 1 N–H and O–H groups in total. The molecule has 1 aliphatic heterocycles. The maximum atomic E-state index is 5.94. The van der Waals surface area contributed by atoms with E-state index in [0.29, 0.717) is 23.4 Å². The van der Waals surface area contributed by atoms with Crippen LogP contribution in [-0.4, -0.2) is 24.7 Å². The van der Waals surface area contributed by atoms with Crippen molar-refractivity contribution in [2.45, 2.75) is 12.8 Å². The molecule has 1 unspecified atom stereocenters. The average molecular weight is 227 g/mol. The predicted molar refractivity (Wildman–Crippen MR) is 60.3 cm³/mol. The van der Waals surface area contributed by atoms with E-state index in [2.05, 4.69) is 10.3 Å². The zero-order valence-corrected chi connectivity index (χ0v) is 9.33. The van der Waals surface area contributed by atoms with Crippen LogP contribution < -0.4 is 10.1 Å². The van der Waals surface area contributed by atoms with Crippen LogP contribution in [0, 0.1) is 5.92 Å². The maximum absolute atomic E-state index is 5.94. The number of nitrogens with one attached hydrogen (secondary N) is 1. The summed E-state index contributed by atoms with van der Waals surface area (Å²) in [5.74, 6) is 1.13. The van der Waals surface area contributed by atoms with Crippen molar-refractivity contribution in [2.75, 3.05) is 19.7 Å². The Morgan fingerprint density at radius 2 is 2.53 bits per heavy atom. The van der Waals surface area contributed by atoms with Crippen molar-refractivity contribution in [3.8, 4) is 5.88 Å². The van der Waals surface area contributed by atoms with Crippen molar-refractivity contribution in [2.24, 2.45) is 5.92 Å². The highest BCUT2D eigenvalue weighted by molar-refractivity contribution is 6.31. The van der Waals surface area contributed by atoms with Crippen LogP contribution in [-0.2, 0) is 0 Å². The van der Waals surface area contributed by atoms with Crippen molar-refractivity contribution < 1.29 is 4.74 Å². The molecule has 0 amide bonds. The SMILES string of the molecule is Clc1cccnc1OCC1CCCNC1. The molecule has 2 rings (SSSR count). The maximum Gasteiger partial charge on any atom is 0.232 e. The quantitative estimate of drug-likeness (QED) is 0.857. The van der Waals surface area contributed by atoms with Gasteiger partial charge in [0.2, 0.25) is 5.88 Å². The molecule has 1 saturated heterocycles. The number of halogens is 1. The molecular formula is C11H15ClN2O. The largest absolute Gasteiger partial charge is 0.476 e. The van der Waals surface area contributed by atoms with Gasteiger partial charge in [-0.05, 0) is 31.5 Å². The molecule has 1 aromatic rings. The number of hydrogen-bond acceptors (Lipinski definition) is 3. The number of ether oxygens (including phenoxy) is 1. The van der Waals surface area contributed by atoms with Crippen molar-refractivity contribution in [1.29, 1.82) is 0 Å². The first-order chi connectivity index (χ1) is 7.36. The first-order valence-electron chi connectivity index (χ1n) is 5.30. The molecule has 0 aromatic carbocycles. The van der Waals surface area contributed by atoms with Crippen LogP contribution in [0.5, 0.6) is 5.88 Å². The Balaban J connectivity index is 1.84. The minimum Gasteiger partial charge on any atom is -0.476 e. The molecule has 15 heavy (non-hydrogen) atoms. The van der Waals surface area contributed by atoms with Crippen LogP contribution in [0.4, 0.5) is 0 Å². The van der Waals surface area contributed by atoms with Crippen molar-refractivity contribution in [3.63, 3.8) is 0 Å². The molecule has 3 nitrogen and oxygen atoms in total. The Hall–Kier alpha value is -0.800. The summed E-state index contributed by atoms with van der Waals surface area (Å²) in [6.45, 7) is 2.86. The smallest absolute Gasteiger partial charge is 0.232 e. The third kappa shape index (κ3) is 3.08. The van der Waals surface area contributed by atoms with Gasteiger partial charge >= 0.3 is 0 Å². The molecule has 0 saturated carbocycles. The van der Waals surface area contributed by atoms with Crippen molar-refractivity contribution in [1.82, 2.24) is 10.3 Å². The van der Waals surface area contributed by atoms with E-state index in [1.165, 1.54) is 12.8 Å². The Morgan fingerprint density at radius 3 is 3.27 bits per heavy atom. The van der Waals surface area contributed by atoms with E-state index in [9.17, 15) is 0 Å². The van der Waals surface area contributed by atoms with E-state index in [1.54, 1.807) is 18.3 Å². The lowest BCUT2D eigenvalue weighted by Gasteiger charge is -2.22. The van der Waals surface area contributed by atoms with Gasteiger partial charge in [-0.15, -0.1) is 0 Å². The molecule has 0 radical (unpaired) electrons. The van der Waals surface area contributed by atoms with Gasteiger partial charge in [0, 0.05) is 18.7 Å². The zero-order valence-electron chi connectivity index (χ0n) is 8.58. The molecule has 1 aliphatic rings. The number of aromatic nitrogens is 1. The van der Waals surface area contributed by atoms with Gasteiger partial charge in [-0.25, -0.2) is 4.98 Å². The normalized spacial score (nSPS) is 21.3. The van der Waals surface area contributed by atoms with Crippen LogP contribution in [0.2, 0.25) is 5.02 Å². The van der Waals surface area contributed by atoms with E-state index in [0.717, 1.165) is 13.1 Å². The van der Waals surface area contributed by atoms with Gasteiger partial charge in [0.1, 0.15) is 5.02 Å². The summed E-state index contributed by atoms with van der Waals surface area (Å²) in [4.78, 5) is 4.09. The molecule has 2 heterocycles. The fourth-order valence-electron chi connectivity index (χ4n) is 1.74. The van der Waals surface area contributed by atoms with Gasteiger partial charge in [-0.3, -0.25) is 0 Å². The summed E-state index contributed by atoms with van der Waals surface area (Å²) in [5.41, 5.74) is 0. The van der Waals surface area contributed by atoms with Gasteiger partial charge in [0.05, 0.1) is 6.61 Å². The number of nitrogens with zero attached hydrogens (tertiary/aromatic N) is 1. The molecule has 0 aliphatic carbocycles. The molecule has 4 heteroatoms. The first kappa shape index (κ1) is 10.7. The molecule has 82 valence electrons. The summed E-state index contributed by atoms with van der Waals surface area (Å²) in [5, 5.41) is 3.94. The zero-order chi connectivity index (χ0) is 10.5. The number of hydrogen-bond donors (Lipinski definition) is 1. The van der Waals surface area contributed by atoms with Crippen molar-refractivity contribution in [3.05, 3.63) is 23.4 Å². The Bertz CT molecular complexity index is 313. The predicted octanol–water partition coefficient (Wildman–Crippen LogP) is 2.11. The van der Waals surface area contributed by atoms with Crippen LogP contribution in [0.1, 0.15) is 12.8 Å². The number of piperidine rings is 1. The van der Waals surface area contributed by atoms with E-state index in [-0.39, 0.29) is 0 Å². The fourth-order valence-corrected chi connectivity index (χ4v) is 1.92. The van der Waals surface area contributed by atoms with Gasteiger partial charge in [-0.1, -0.05) is 11.6 Å². The molecule has 1 aromatic heterocycles. The monoisotopic (exact) mass is 226 g/mol. The van der Waals surface area contributed by atoms with E-state index < -0.39 is 0 Å². The topological polar surface area (TPSA) is 34.1 Å². The number of rotatable bonds is 3. The summed E-state index contributed by atoms with van der Waals surface area (Å²) < 4.78 is 5.59. The molecule has 1 fully saturated rings. The second kappa shape index (κ2) is 5.33. The summed E-state index contributed by atoms with van der Waals surface area (Å²) in [6.07, 6.45) is 4.14. The molecule has 1 atom stereocenters. The highest BCUT2D eigenvalue weighted by Gasteiger charge is 2.14. The third-order valence-electron chi connectivity index (χ3n) is 2.58. The van der Waals surface area contributed by atoms with E-state index >= 15 is 0 Å². The van der Waals surface area contributed by atoms with Crippen LogP contribution >= 0.6 is 11.6 Å². The van der Waals surface area contributed by atoms with Gasteiger partial charge in [-0.2, -0.15) is 0 Å². The van der Waals surface area contributed by atoms with Crippen LogP contribution in [0.3, 0.4) is 0 Å². The summed E-state index contributed by atoms with van der Waals surface area (Å²) in [6, 6.07) is 3.60. The highest BCUT2D eigenvalue weighted by atomic mass is 35.5. The molecular weight excluding hydrogens is 212 g/mol. The minimum atomic E-state index is 0.546. The lowest BCUT2D eigenvalue weighted by molar-refractivity contribution is 0.212. The Labute approximate surface area is 94.8 Å². The second-order valence-electron chi connectivity index (χ2n) is 3.81. The average Bonchev–Trinajstić information content (AvgIpc) is 2.29. The van der Waals surface area contributed by atoms with Crippen LogP contribution in [0.15, 0.2) is 18.3 Å². The highest BCUT2D eigenvalue weighted by Crippen LogP contribution is 2.21. The first-order valence-corrected chi connectivity index (χ1v) is 5.68. The second-order valence-corrected chi connectivity index (χ2v) is 4.22. The fraction of sp³-hybridized carbons (Fsp3) is 0.545. The third-order valence-corrected chi connectivity index (χ3v) is 2.87. The van der Waals surface area contributed by atoms with Crippen LogP contribution in [0.25, 0.3) is 0 Å². The van der Waals surface area contributed by atoms with E-state index in [1.807, 2.05) is 0 Å². The minimum absolute atomic E-state index is 0.546. The van der Waals surface area contributed by atoms with Gasteiger partial charge in [0.15, 0.2) is 0 Å². The summed E-state index contributed by atoms with van der Waals surface area (Å²) >= 11 is 5.94. The van der Waals surface area contributed by atoms with Gasteiger partial charge in [0.25, 0.3) is 0 Å². The standard InChI is InChI=1S/C11H15ClN2O/c12-10-4-2-6-14-11(10)15-8-9-3-1-5-13-7-9/h2,4,6,9,13H,1,3,5,7-8H2. The van der Waals surface area contributed by atoms with Gasteiger partial charge < -0.3 is 10.1 Å². The Kier molecular flexibility index (Phi) is 3.80. The van der Waals surface area contributed by atoms with E-state index in [4.69, 9.17) is 16.3 Å². The molecule has 0 bridgehead atoms. The molecule has 0 spiro atoms. The lowest BCUT2D eigenvalue weighted by Crippen LogP contribution is -2.33. The van der Waals surface area contributed by atoms with Crippen molar-refractivity contribution >= 4 is 11.6 Å². The lowest BCUT2D eigenvalue weighted by atomic mass is 10.0.